The van der Waals surface area contributed by atoms with Crippen LogP contribution in [0.25, 0.3) is 0 Å². The summed E-state index contributed by atoms with van der Waals surface area (Å²) >= 11 is 3.42. The van der Waals surface area contributed by atoms with Crippen LogP contribution in [0.1, 0.15) is 16.7 Å². The molecule has 33 heavy (non-hydrogen) atoms. The summed E-state index contributed by atoms with van der Waals surface area (Å²) in [7, 11) is 4.69. The number of halogens is 1. The maximum atomic E-state index is 12.2. The lowest BCUT2D eigenvalue weighted by molar-refractivity contribution is -0.120. The zero-order chi connectivity index (χ0) is 23.6. The monoisotopic (exact) mass is 512 g/mol. The van der Waals surface area contributed by atoms with Crippen LogP contribution in [0.4, 0.5) is 0 Å². The van der Waals surface area contributed by atoms with E-state index < -0.39 is 0 Å². The first-order valence-corrected chi connectivity index (χ1v) is 10.9. The molecule has 1 amide bonds. The number of hydrazone groups is 1. The molecule has 0 radical (unpaired) electrons. The lowest BCUT2D eigenvalue weighted by Gasteiger charge is -2.11. The Hall–Kier alpha value is -3.52. The van der Waals surface area contributed by atoms with Crippen molar-refractivity contribution >= 4 is 28.1 Å². The molecule has 8 heteroatoms. The predicted octanol–water partition coefficient (Wildman–Crippen LogP) is 4.75. The Balaban J connectivity index is 1.57. The van der Waals surface area contributed by atoms with E-state index in [1.54, 1.807) is 45.7 Å². The fourth-order valence-corrected chi connectivity index (χ4v) is 3.28. The van der Waals surface area contributed by atoms with Gasteiger partial charge < -0.3 is 18.9 Å². The van der Waals surface area contributed by atoms with Gasteiger partial charge in [-0.3, -0.25) is 4.79 Å². The van der Waals surface area contributed by atoms with E-state index in [2.05, 4.69) is 26.5 Å². The second-order valence-electron chi connectivity index (χ2n) is 6.98. The topological polar surface area (TPSA) is 78.4 Å². The molecule has 0 aromatic heterocycles. The van der Waals surface area contributed by atoms with Gasteiger partial charge in [0.25, 0.3) is 0 Å². The van der Waals surface area contributed by atoms with Gasteiger partial charge in [-0.25, -0.2) is 5.43 Å². The number of rotatable bonds is 10. The number of amides is 1. The van der Waals surface area contributed by atoms with Crippen LogP contribution in [0.5, 0.6) is 23.0 Å². The molecule has 0 heterocycles. The Bertz CT molecular complexity index is 1120. The van der Waals surface area contributed by atoms with E-state index in [0.717, 1.165) is 21.2 Å². The van der Waals surface area contributed by atoms with Gasteiger partial charge in [0.05, 0.1) is 34.0 Å². The van der Waals surface area contributed by atoms with Crippen molar-refractivity contribution in [3.63, 3.8) is 0 Å². The van der Waals surface area contributed by atoms with E-state index in [1.165, 1.54) is 0 Å². The van der Waals surface area contributed by atoms with Crippen LogP contribution in [0.2, 0.25) is 0 Å². The highest BCUT2D eigenvalue weighted by Gasteiger charge is 2.09. The first-order valence-electron chi connectivity index (χ1n) is 10.1. The number of carbonyl (C=O) groups is 1. The molecule has 7 nitrogen and oxygen atoms in total. The molecule has 172 valence electrons. The smallest absolute Gasteiger partial charge is 0.244 e. The van der Waals surface area contributed by atoms with Crippen molar-refractivity contribution in [2.24, 2.45) is 5.10 Å². The minimum absolute atomic E-state index is 0.157. The van der Waals surface area contributed by atoms with Gasteiger partial charge in [-0.05, 0) is 59.2 Å². The summed E-state index contributed by atoms with van der Waals surface area (Å²) in [6.45, 7) is 0.420. The summed E-state index contributed by atoms with van der Waals surface area (Å²) in [5.41, 5.74) is 5.12. The highest BCUT2D eigenvalue weighted by Crippen LogP contribution is 2.29. The Morgan fingerprint density at radius 2 is 1.48 bits per heavy atom. The summed E-state index contributed by atoms with van der Waals surface area (Å²) in [4.78, 5) is 12.2. The van der Waals surface area contributed by atoms with Gasteiger partial charge in [0.1, 0.15) is 6.61 Å². The number of hydrogen-bond donors (Lipinski definition) is 1. The Kier molecular flexibility index (Phi) is 8.71. The van der Waals surface area contributed by atoms with Crippen LogP contribution in [0, 0.1) is 0 Å². The zero-order valence-electron chi connectivity index (χ0n) is 18.6. The molecular weight excluding hydrogens is 488 g/mol. The van der Waals surface area contributed by atoms with Crippen LogP contribution in [-0.4, -0.2) is 33.5 Å². The minimum atomic E-state index is -0.250. The summed E-state index contributed by atoms with van der Waals surface area (Å²) in [5, 5.41) is 4.04. The fraction of sp³-hybridized carbons (Fsp3) is 0.200. The van der Waals surface area contributed by atoms with Crippen molar-refractivity contribution in [1.82, 2.24) is 5.43 Å². The lowest BCUT2D eigenvalue weighted by atomic mass is 10.1. The first kappa shape index (κ1) is 24.1. The second kappa shape index (κ2) is 11.9. The van der Waals surface area contributed by atoms with Crippen LogP contribution in [0.15, 0.2) is 70.2 Å². The number of ether oxygens (including phenoxy) is 4. The molecule has 0 unspecified atom stereocenters. The third-order valence-corrected chi connectivity index (χ3v) is 5.24. The van der Waals surface area contributed by atoms with Crippen LogP contribution >= 0.6 is 15.9 Å². The normalized spacial score (nSPS) is 10.7. The van der Waals surface area contributed by atoms with Gasteiger partial charge in [0.15, 0.2) is 23.0 Å². The summed E-state index contributed by atoms with van der Waals surface area (Å²) in [6, 6.07) is 18.7. The Morgan fingerprint density at radius 1 is 0.848 bits per heavy atom. The number of hydrogen-bond acceptors (Lipinski definition) is 6. The molecule has 0 spiro atoms. The molecule has 3 aromatic carbocycles. The molecule has 3 aromatic rings. The largest absolute Gasteiger partial charge is 0.493 e. The van der Waals surface area contributed by atoms with Crippen LogP contribution in [-0.2, 0) is 17.8 Å². The fourth-order valence-electron chi connectivity index (χ4n) is 3.02. The number of methoxy groups -OCH3 is 3. The SMILES string of the molecule is COc1ccc(CC(=O)N/N=C/c2ccc(OCc3ccc(Br)cc3)c(OC)c2)cc1OC. The molecule has 3 rings (SSSR count). The van der Waals surface area contributed by atoms with Crippen molar-refractivity contribution in [1.29, 1.82) is 0 Å². The van der Waals surface area contributed by atoms with Crippen molar-refractivity contribution < 1.29 is 23.7 Å². The minimum Gasteiger partial charge on any atom is -0.493 e. The van der Waals surface area contributed by atoms with E-state index in [0.29, 0.717) is 29.6 Å². The van der Waals surface area contributed by atoms with Crippen molar-refractivity contribution in [3.8, 4) is 23.0 Å². The average Bonchev–Trinajstić information content (AvgIpc) is 2.83. The second-order valence-corrected chi connectivity index (χ2v) is 7.90. The molecule has 0 fully saturated rings. The number of nitrogens with one attached hydrogen (secondary N) is 1. The molecule has 0 saturated heterocycles. The highest BCUT2D eigenvalue weighted by atomic mass is 79.9. The maximum absolute atomic E-state index is 12.2. The molecule has 0 aliphatic heterocycles. The maximum Gasteiger partial charge on any atom is 0.244 e. The van der Waals surface area contributed by atoms with Crippen molar-refractivity contribution in [3.05, 3.63) is 81.8 Å². The standard InChI is InChI=1S/C25H25BrN2O5/c1-30-21-10-6-18(12-23(21)31-2)14-25(29)28-27-15-19-7-11-22(24(13-19)32-3)33-16-17-4-8-20(26)9-5-17/h4-13,15H,14,16H2,1-3H3,(H,28,29)/b27-15+. The van der Waals surface area contributed by atoms with E-state index in [9.17, 15) is 4.79 Å². The summed E-state index contributed by atoms with van der Waals surface area (Å²) < 4.78 is 22.8. The van der Waals surface area contributed by atoms with E-state index >= 15 is 0 Å². The van der Waals surface area contributed by atoms with E-state index in [4.69, 9.17) is 18.9 Å². The average molecular weight is 513 g/mol. The Morgan fingerprint density at radius 3 is 2.18 bits per heavy atom. The molecule has 0 bridgehead atoms. The first-order chi connectivity index (χ1) is 16.0. The van der Waals surface area contributed by atoms with Gasteiger partial charge in [-0.2, -0.15) is 5.10 Å². The van der Waals surface area contributed by atoms with Gasteiger partial charge in [-0.1, -0.05) is 34.1 Å². The van der Waals surface area contributed by atoms with Gasteiger partial charge >= 0.3 is 0 Å². The molecule has 0 saturated carbocycles. The highest BCUT2D eigenvalue weighted by molar-refractivity contribution is 9.10. The van der Waals surface area contributed by atoms with E-state index in [1.807, 2.05) is 42.5 Å². The molecule has 0 atom stereocenters. The molecule has 0 aliphatic rings. The Labute approximate surface area is 201 Å². The van der Waals surface area contributed by atoms with Crippen LogP contribution < -0.4 is 24.4 Å². The van der Waals surface area contributed by atoms with Crippen molar-refractivity contribution in [2.45, 2.75) is 13.0 Å². The third-order valence-electron chi connectivity index (χ3n) is 4.71. The van der Waals surface area contributed by atoms with Crippen molar-refractivity contribution in [2.75, 3.05) is 21.3 Å². The van der Waals surface area contributed by atoms with Gasteiger partial charge in [0.2, 0.25) is 5.91 Å². The number of nitrogens with zero attached hydrogens (tertiary/aromatic N) is 1. The third kappa shape index (κ3) is 6.98. The quantitative estimate of drug-likeness (QED) is 0.313. The van der Waals surface area contributed by atoms with Crippen LogP contribution in [0.3, 0.4) is 0 Å². The lowest BCUT2D eigenvalue weighted by Crippen LogP contribution is -2.19. The van der Waals surface area contributed by atoms with E-state index in [-0.39, 0.29) is 12.3 Å². The number of carbonyl (C=O) groups excluding carboxylic acids is 1. The molecule has 0 aliphatic carbocycles. The molecular formula is C25H25BrN2O5. The summed E-state index contributed by atoms with van der Waals surface area (Å²) in [6.07, 6.45) is 1.71. The molecule has 1 N–H and O–H groups in total. The summed E-state index contributed by atoms with van der Waals surface area (Å²) in [5.74, 6) is 2.13. The zero-order valence-corrected chi connectivity index (χ0v) is 20.2. The van der Waals surface area contributed by atoms with Gasteiger partial charge in [0, 0.05) is 4.47 Å². The number of benzene rings is 3. The van der Waals surface area contributed by atoms with Gasteiger partial charge in [-0.15, -0.1) is 0 Å². The predicted molar refractivity (Wildman–Crippen MR) is 130 cm³/mol.